The fourth-order valence-electron chi connectivity index (χ4n) is 2.76. The predicted octanol–water partition coefficient (Wildman–Crippen LogP) is 2.64. The van der Waals surface area contributed by atoms with Gasteiger partial charge in [-0.05, 0) is 40.2 Å². The van der Waals surface area contributed by atoms with Crippen LogP contribution in [0.3, 0.4) is 0 Å². The van der Waals surface area contributed by atoms with E-state index < -0.39 is 0 Å². The van der Waals surface area contributed by atoms with E-state index in [1.165, 1.54) is 38.6 Å². The van der Waals surface area contributed by atoms with Crippen molar-refractivity contribution in [2.75, 3.05) is 13.6 Å². The maximum absolute atomic E-state index is 3.45. The fourth-order valence-corrected chi connectivity index (χ4v) is 2.76. The summed E-state index contributed by atoms with van der Waals surface area (Å²) in [6.45, 7) is 8.27. The van der Waals surface area contributed by atoms with Crippen LogP contribution in [0.5, 0.6) is 0 Å². The molecule has 0 aromatic carbocycles. The second-order valence-electron chi connectivity index (χ2n) is 5.10. The molecular weight excluding hydrogens is 184 g/mol. The van der Waals surface area contributed by atoms with Crippen molar-refractivity contribution in [2.24, 2.45) is 0 Å². The quantitative estimate of drug-likeness (QED) is 0.753. The van der Waals surface area contributed by atoms with Gasteiger partial charge in [0.25, 0.3) is 0 Å². The molecule has 1 fully saturated rings. The molecule has 0 radical (unpaired) electrons. The Kier molecular flexibility index (Phi) is 5.62. The Bertz CT molecular complexity index is 160. The SMILES string of the molecule is CCCC(CN1C(C)CCCC1C)NC. The summed E-state index contributed by atoms with van der Waals surface area (Å²) in [6, 6.07) is 2.24. The van der Waals surface area contributed by atoms with Crippen molar-refractivity contribution >= 4 is 0 Å². The summed E-state index contributed by atoms with van der Waals surface area (Å²) in [4.78, 5) is 2.69. The summed E-state index contributed by atoms with van der Waals surface area (Å²) in [7, 11) is 2.10. The largest absolute Gasteiger partial charge is 0.316 e. The summed E-state index contributed by atoms with van der Waals surface area (Å²) in [5.74, 6) is 0. The molecule has 1 aliphatic rings. The van der Waals surface area contributed by atoms with Crippen LogP contribution in [0.2, 0.25) is 0 Å². The monoisotopic (exact) mass is 212 g/mol. The van der Waals surface area contributed by atoms with Crippen LogP contribution in [0.1, 0.15) is 52.9 Å². The predicted molar refractivity (Wildman–Crippen MR) is 67.2 cm³/mol. The molecule has 90 valence electrons. The number of hydrogen-bond donors (Lipinski definition) is 1. The van der Waals surface area contributed by atoms with Gasteiger partial charge < -0.3 is 5.32 Å². The minimum absolute atomic E-state index is 0.679. The second kappa shape index (κ2) is 6.49. The lowest BCUT2D eigenvalue weighted by Gasteiger charge is -2.41. The van der Waals surface area contributed by atoms with E-state index in [1.54, 1.807) is 0 Å². The maximum atomic E-state index is 3.45. The van der Waals surface area contributed by atoms with E-state index in [0.717, 1.165) is 12.1 Å². The molecule has 2 heteroatoms. The Balaban J connectivity index is 2.45. The highest BCUT2D eigenvalue weighted by Gasteiger charge is 2.26. The number of nitrogens with one attached hydrogen (secondary N) is 1. The Hall–Kier alpha value is -0.0800. The molecule has 0 aromatic rings. The van der Waals surface area contributed by atoms with E-state index in [9.17, 15) is 0 Å². The minimum atomic E-state index is 0.679. The summed E-state index contributed by atoms with van der Waals surface area (Å²) < 4.78 is 0. The van der Waals surface area contributed by atoms with Gasteiger partial charge in [0.05, 0.1) is 0 Å². The first kappa shape index (κ1) is 13.0. The first-order valence-corrected chi connectivity index (χ1v) is 6.62. The lowest BCUT2D eigenvalue weighted by atomic mass is 9.96. The van der Waals surface area contributed by atoms with Gasteiger partial charge in [0, 0.05) is 24.7 Å². The van der Waals surface area contributed by atoms with Crippen LogP contribution in [0.15, 0.2) is 0 Å². The summed E-state index contributed by atoms with van der Waals surface area (Å²) in [5, 5.41) is 3.45. The smallest absolute Gasteiger partial charge is 0.0192 e. The van der Waals surface area contributed by atoms with Gasteiger partial charge in [-0.1, -0.05) is 19.8 Å². The van der Waals surface area contributed by atoms with Crippen LogP contribution in [0.4, 0.5) is 0 Å². The number of likely N-dealkylation sites (N-methyl/N-ethyl adjacent to an activating group) is 1. The number of nitrogens with zero attached hydrogens (tertiary/aromatic N) is 1. The number of hydrogen-bond acceptors (Lipinski definition) is 2. The first-order chi connectivity index (χ1) is 7.19. The van der Waals surface area contributed by atoms with Gasteiger partial charge in [-0.3, -0.25) is 4.90 Å². The number of rotatable bonds is 5. The molecule has 3 unspecified atom stereocenters. The number of piperidine rings is 1. The highest BCUT2D eigenvalue weighted by molar-refractivity contribution is 4.82. The van der Waals surface area contributed by atoms with Crippen LogP contribution in [0.25, 0.3) is 0 Å². The van der Waals surface area contributed by atoms with Crippen LogP contribution < -0.4 is 5.32 Å². The Morgan fingerprint density at radius 2 is 1.87 bits per heavy atom. The molecule has 1 heterocycles. The summed E-state index contributed by atoms with van der Waals surface area (Å²) in [5.41, 5.74) is 0. The third-order valence-electron chi connectivity index (χ3n) is 3.85. The fraction of sp³-hybridized carbons (Fsp3) is 1.00. The molecule has 0 saturated carbocycles. The lowest BCUT2D eigenvalue weighted by Crippen LogP contribution is -2.49. The van der Waals surface area contributed by atoms with Crippen molar-refractivity contribution in [2.45, 2.75) is 71.0 Å². The van der Waals surface area contributed by atoms with Crippen molar-refractivity contribution in [3.05, 3.63) is 0 Å². The zero-order valence-electron chi connectivity index (χ0n) is 10.9. The zero-order valence-corrected chi connectivity index (χ0v) is 10.9. The molecule has 0 aliphatic carbocycles. The van der Waals surface area contributed by atoms with Crippen molar-refractivity contribution in [3.8, 4) is 0 Å². The molecule has 1 rings (SSSR count). The van der Waals surface area contributed by atoms with Gasteiger partial charge in [-0.25, -0.2) is 0 Å². The molecule has 1 aliphatic heterocycles. The van der Waals surface area contributed by atoms with Crippen LogP contribution in [-0.2, 0) is 0 Å². The number of likely N-dealkylation sites (tertiary alicyclic amines) is 1. The van der Waals surface area contributed by atoms with Crippen LogP contribution in [-0.4, -0.2) is 36.6 Å². The average molecular weight is 212 g/mol. The van der Waals surface area contributed by atoms with E-state index in [4.69, 9.17) is 0 Å². The molecule has 0 bridgehead atoms. The zero-order chi connectivity index (χ0) is 11.3. The third-order valence-corrected chi connectivity index (χ3v) is 3.85. The molecule has 3 atom stereocenters. The van der Waals surface area contributed by atoms with Crippen molar-refractivity contribution in [3.63, 3.8) is 0 Å². The van der Waals surface area contributed by atoms with Crippen molar-refractivity contribution in [1.82, 2.24) is 10.2 Å². The molecule has 1 N–H and O–H groups in total. The summed E-state index contributed by atoms with van der Waals surface area (Å²) >= 11 is 0. The van der Waals surface area contributed by atoms with E-state index in [-0.39, 0.29) is 0 Å². The third kappa shape index (κ3) is 3.76. The second-order valence-corrected chi connectivity index (χ2v) is 5.10. The molecule has 1 saturated heterocycles. The molecule has 15 heavy (non-hydrogen) atoms. The van der Waals surface area contributed by atoms with E-state index in [0.29, 0.717) is 6.04 Å². The average Bonchev–Trinajstić information content (AvgIpc) is 2.22. The van der Waals surface area contributed by atoms with E-state index in [2.05, 4.69) is 38.0 Å². The van der Waals surface area contributed by atoms with E-state index >= 15 is 0 Å². The molecule has 2 nitrogen and oxygen atoms in total. The minimum Gasteiger partial charge on any atom is -0.316 e. The van der Waals surface area contributed by atoms with Gasteiger partial charge in [-0.2, -0.15) is 0 Å². The van der Waals surface area contributed by atoms with E-state index in [1.807, 2.05) is 0 Å². The van der Waals surface area contributed by atoms with Gasteiger partial charge in [0.2, 0.25) is 0 Å². The molecule has 0 amide bonds. The Morgan fingerprint density at radius 1 is 1.27 bits per heavy atom. The highest BCUT2D eigenvalue weighted by atomic mass is 15.2. The van der Waals surface area contributed by atoms with Crippen molar-refractivity contribution < 1.29 is 0 Å². The van der Waals surface area contributed by atoms with Gasteiger partial charge in [0.1, 0.15) is 0 Å². The molecular formula is C13H28N2. The highest BCUT2D eigenvalue weighted by Crippen LogP contribution is 2.22. The van der Waals surface area contributed by atoms with Gasteiger partial charge >= 0.3 is 0 Å². The van der Waals surface area contributed by atoms with Crippen LogP contribution >= 0.6 is 0 Å². The molecule has 0 aromatic heterocycles. The standard InChI is InChI=1S/C13H28N2/c1-5-7-13(14-4)10-15-11(2)8-6-9-12(15)3/h11-14H,5-10H2,1-4H3. The van der Waals surface area contributed by atoms with Gasteiger partial charge in [0.15, 0.2) is 0 Å². The Morgan fingerprint density at radius 3 is 2.33 bits per heavy atom. The van der Waals surface area contributed by atoms with Gasteiger partial charge in [-0.15, -0.1) is 0 Å². The maximum Gasteiger partial charge on any atom is 0.0192 e. The van der Waals surface area contributed by atoms with Crippen molar-refractivity contribution in [1.29, 1.82) is 0 Å². The first-order valence-electron chi connectivity index (χ1n) is 6.62. The normalized spacial score (nSPS) is 30.4. The molecule has 0 spiro atoms. The lowest BCUT2D eigenvalue weighted by molar-refractivity contribution is 0.0906. The topological polar surface area (TPSA) is 15.3 Å². The Labute approximate surface area is 95.4 Å². The van der Waals surface area contributed by atoms with Crippen LogP contribution in [0, 0.1) is 0 Å². The summed E-state index contributed by atoms with van der Waals surface area (Å²) in [6.07, 6.45) is 6.76.